The number of halogens is 4. The Hall–Kier alpha value is -8.82. The number of hydrogen-bond donors (Lipinski definition) is 0. The van der Waals surface area contributed by atoms with E-state index >= 15 is 0 Å². The lowest BCUT2D eigenvalue weighted by Crippen LogP contribution is -2.17. The predicted molar refractivity (Wildman–Crippen MR) is 512 cm³/mol. The molecule has 8 aliphatic carbocycles. The van der Waals surface area contributed by atoms with Crippen LogP contribution in [0.1, 0.15) is 314 Å². The number of aryl methyl sites for hydroxylation is 8. The molecular formula is C111H122Cl4N6O. The molecule has 0 radical (unpaired) electrons. The molecular weight excluding hydrogens is 1580 g/mol. The molecule has 20 rings (SSSR count). The van der Waals surface area contributed by atoms with Gasteiger partial charge in [-0.2, -0.15) is 0 Å². The highest BCUT2D eigenvalue weighted by molar-refractivity contribution is 6.33. The number of allylic oxidation sites excluding steroid dienone is 8. The standard InChI is InChI=1S/C23H26ClN.C23H27N.C22H22ClNO.C22H24ClN.C21H23ClN2/c1-4-17-6-5-7-18-22(17)19(21-14(2)10-11-25-23(18)21)13-16-8-9-20(24)15(3)12-16;1-4-18-6-5-7-19-22(18)20(14-17-10-8-15(2)9-11-17)21-16(3)12-13-24-23(19)21;1-3-14-5-4-6-17-19(14)20(18-13(2)11-12-24-21(17)18)22(25)15-7-9-16(23)10-8-15;1-3-16-5-4-6-18-21(16)19(13-15-7-9-17(23)10-8-15)20-14(2)11-12-24-22(18)20;1-3-16-5-4-12-24-20(16)18(13-15-6-8-17(22)9-7-15)19-14(2)10-11-23-21(19)24/h8-12,17-18H,4-7,13H2,1-3H3;8-13,18-19H,4-7,14H2,1-3H3;7-12,14,17H,3-6H2,1-2H3;7-12,16,18H,3-6,13H2,1-2H3;6-11,16H,3-5,12-13H2,1-2H3. The number of fused-ring (bicyclic) bond motifs is 15. The van der Waals surface area contributed by atoms with E-state index in [2.05, 4.69) is 173 Å². The molecule has 630 valence electrons. The van der Waals surface area contributed by atoms with E-state index in [0.29, 0.717) is 46.1 Å². The van der Waals surface area contributed by atoms with E-state index in [1.54, 1.807) is 45.6 Å². The van der Waals surface area contributed by atoms with Gasteiger partial charge in [0.25, 0.3) is 0 Å². The number of Topliss-reactive ketones (excluding diaryl/α,β-unsaturated/α-hetero) is 1. The summed E-state index contributed by atoms with van der Waals surface area (Å²) in [6.45, 7) is 28.0. The molecule has 4 fully saturated rings. The Labute approximate surface area is 746 Å². The molecule has 1 aliphatic heterocycles. The van der Waals surface area contributed by atoms with Crippen molar-refractivity contribution >= 4 is 85.5 Å². The summed E-state index contributed by atoms with van der Waals surface area (Å²) in [7, 11) is 0. The number of aromatic nitrogens is 6. The molecule has 0 amide bonds. The predicted octanol–water partition coefficient (Wildman–Crippen LogP) is 30.9. The largest absolute Gasteiger partial charge is 0.329 e. The van der Waals surface area contributed by atoms with Crippen LogP contribution in [-0.2, 0) is 32.2 Å². The Morgan fingerprint density at radius 3 is 1.14 bits per heavy atom. The molecule has 11 aromatic rings. The van der Waals surface area contributed by atoms with E-state index in [1.807, 2.05) is 79.5 Å². The molecule has 5 aromatic carbocycles. The summed E-state index contributed by atoms with van der Waals surface area (Å²) in [5.74, 6) is 5.45. The second-order valence-electron chi connectivity index (χ2n) is 36.5. The summed E-state index contributed by atoms with van der Waals surface area (Å²) in [6.07, 6.45) is 37.7. The fourth-order valence-corrected chi connectivity index (χ4v) is 23.7. The molecule has 7 nitrogen and oxygen atoms in total. The number of hydrogen-bond acceptors (Lipinski definition) is 6. The van der Waals surface area contributed by atoms with Crippen LogP contribution in [0.25, 0.3) is 33.3 Å². The number of rotatable bonds is 15. The molecule has 6 aromatic heterocycles. The van der Waals surface area contributed by atoms with Crippen LogP contribution in [0.4, 0.5) is 0 Å². The fraction of sp³-hybridized carbons (Fsp3) is 0.405. The minimum Gasteiger partial charge on any atom is -0.329 e. The first-order valence-corrected chi connectivity index (χ1v) is 47.6. The van der Waals surface area contributed by atoms with E-state index in [1.165, 1.54) is 221 Å². The van der Waals surface area contributed by atoms with Crippen LogP contribution in [0.15, 0.2) is 199 Å². The second kappa shape index (κ2) is 38.3. The van der Waals surface area contributed by atoms with Crippen molar-refractivity contribution in [2.75, 3.05) is 0 Å². The zero-order chi connectivity index (χ0) is 85.1. The number of carbonyl (C=O) groups is 1. The molecule has 4 saturated carbocycles. The molecule has 7 heterocycles. The first kappa shape index (κ1) is 86.7. The van der Waals surface area contributed by atoms with Crippen molar-refractivity contribution in [2.45, 2.75) is 267 Å². The lowest BCUT2D eigenvalue weighted by Gasteiger charge is -2.30. The molecule has 9 unspecified atom stereocenters. The van der Waals surface area contributed by atoms with Crippen molar-refractivity contribution in [1.29, 1.82) is 0 Å². The Balaban J connectivity index is 0.000000113. The highest BCUT2D eigenvalue weighted by Crippen LogP contribution is 2.58. The first-order chi connectivity index (χ1) is 59.3. The van der Waals surface area contributed by atoms with Crippen molar-refractivity contribution in [3.05, 3.63) is 342 Å². The van der Waals surface area contributed by atoms with Crippen LogP contribution < -0.4 is 0 Å². The Morgan fingerprint density at radius 1 is 0.352 bits per heavy atom. The topological polar surface area (TPSA) is 86.5 Å². The van der Waals surface area contributed by atoms with E-state index in [9.17, 15) is 4.79 Å². The van der Waals surface area contributed by atoms with Crippen LogP contribution in [0.2, 0.25) is 20.1 Å². The maximum Gasteiger partial charge on any atom is 0.193 e. The minimum atomic E-state index is 0.117. The average Bonchev–Trinajstić information content (AvgIpc) is 1.72. The number of nitrogens with zero attached hydrogens (tertiary/aromatic N) is 6. The average molecular weight is 1700 g/mol. The zero-order valence-electron chi connectivity index (χ0n) is 74.0. The number of ketones is 1. The van der Waals surface area contributed by atoms with Gasteiger partial charge in [0.2, 0.25) is 0 Å². The summed E-state index contributed by atoms with van der Waals surface area (Å²) < 4.78 is 2.49. The molecule has 0 bridgehead atoms. The lowest BCUT2D eigenvalue weighted by atomic mass is 9.75. The van der Waals surface area contributed by atoms with Gasteiger partial charge in [0, 0.05) is 126 Å². The van der Waals surface area contributed by atoms with Gasteiger partial charge in [-0.15, -0.1) is 0 Å². The Kier molecular flexibility index (Phi) is 27.2. The van der Waals surface area contributed by atoms with Gasteiger partial charge in [-0.1, -0.05) is 190 Å². The molecule has 0 spiro atoms. The normalized spacial score (nSPS) is 21.2. The van der Waals surface area contributed by atoms with Crippen LogP contribution in [0.5, 0.6) is 0 Å². The van der Waals surface area contributed by atoms with Gasteiger partial charge in [0.1, 0.15) is 5.65 Å². The second-order valence-corrected chi connectivity index (χ2v) is 38.2. The van der Waals surface area contributed by atoms with Crippen molar-refractivity contribution < 1.29 is 4.79 Å². The quantitative estimate of drug-likeness (QED) is 0.0951. The van der Waals surface area contributed by atoms with Gasteiger partial charge in [0.05, 0.1) is 22.8 Å². The molecule has 9 aliphatic rings. The van der Waals surface area contributed by atoms with Crippen molar-refractivity contribution in [2.24, 2.45) is 23.7 Å². The lowest BCUT2D eigenvalue weighted by molar-refractivity contribution is 0.105. The monoisotopic (exact) mass is 1690 g/mol. The smallest absolute Gasteiger partial charge is 0.193 e. The van der Waals surface area contributed by atoms with Crippen LogP contribution in [0.3, 0.4) is 0 Å². The van der Waals surface area contributed by atoms with Gasteiger partial charge >= 0.3 is 0 Å². The Morgan fingerprint density at radius 2 is 0.705 bits per heavy atom. The number of carbonyl (C=O) groups excluding carboxylic acids is 1. The fourth-order valence-electron chi connectivity index (χ4n) is 23.2. The SMILES string of the molecule is CCC1CCCC2C1=C(C(=O)c1ccc(Cl)cc1)c1c(C)ccnc12.CCC1CCCC2C1=C(Cc1ccc(C)cc1)c1c(C)ccnc12.CCC1CCCC2C1=C(Cc1ccc(Cl)c(C)c1)c1c(C)ccnc12.CCC1CCCC2C1=C(Cc1ccc(Cl)cc1)c1c(C)ccnc12.CCC1CCCn2c1c(Cc1ccc(Cl)cc1)c1c(C)ccnc12. The summed E-state index contributed by atoms with van der Waals surface area (Å²) >= 11 is 24.4. The molecule has 0 saturated heterocycles. The van der Waals surface area contributed by atoms with E-state index in [-0.39, 0.29) is 5.78 Å². The number of pyridine rings is 5. The van der Waals surface area contributed by atoms with Crippen LogP contribution >= 0.6 is 46.4 Å². The minimum absolute atomic E-state index is 0.117. The zero-order valence-corrected chi connectivity index (χ0v) is 77.0. The van der Waals surface area contributed by atoms with Crippen molar-refractivity contribution in [3.63, 3.8) is 0 Å². The van der Waals surface area contributed by atoms with E-state index in [4.69, 9.17) is 71.3 Å². The van der Waals surface area contributed by atoms with Crippen molar-refractivity contribution in [3.8, 4) is 0 Å². The molecule has 9 atom stereocenters. The first-order valence-electron chi connectivity index (χ1n) is 46.1. The molecule has 11 heteroatoms. The van der Waals surface area contributed by atoms with Crippen LogP contribution in [0, 0.1) is 72.1 Å². The van der Waals surface area contributed by atoms with E-state index in [0.717, 1.165) is 106 Å². The number of benzene rings is 5. The maximum absolute atomic E-state index is 13.5. The Bertz CT molecular complexity index is 5690. The summed E-state index contributed by atoms with van der Waals surface area (Å²) in [6, 6.07) is 50.1. The summed E-state index contributed by atoms with van der Waals surface area (Å²) in [4.78, 5) is 37.4. The highest BCUT2D eigenvalue weighted by Gasteiger charge is 2.45. The van der Waals surface area contributed by atoms with Crippen LogP contribution in [-0.4, -0.2) is 35.3 Å². The van der Waals surface area contributed by atoms with E-state index < -0.39 is 0 Å². The van der Waals surface area contributed by atoms with Gasteiger partial charge in [-0.3, -0.25) is 24.7 Å². The third-order valence-electron chi connectivity index (χ3n) is 29.1. The highest BCUT2D eigenvalue weighted by atomic mass is 35.5. The van der Waals surface area contributed by atoms with Crippen molar-refractivity contribution in [1.82, 2.24) is 29.5 Å². The summed E-state index contributed by atoms with van der Waals surface area (Å²) in [5.41, 5.74) is 42.1. The third kappa shape index (κ3) is 17.4. The molecule has 122 heavy (non-hydrogen) atoms. The maximum atomic E-state index is 13.5. The summed E-state index contributed by atoms with van der Waals surface area (Å²) in [5, 5.41) is 4.48. The third-order valence-corrected chi connectivity index (χ3v) is 30.3. The molecule has 0 N–H and O–H groups in total. The van der Waals surface area contributed by atoms with Gasteiger partial charge in [-0.25, -0.2) is 4.98 Å². The van der Waals surface area contributed by atoms with Gasteiger partial charge in [-0.05, 0) is 368 Å². The van der Waals surface area contributed by atoms with Gasteiger partial charge < -0.3 is 4.57 Å². The van der Waals surface area contributed by atoms with Gasteiger partial charge in [0.15, 0.2) is 5.78 Å².